The lowest BCUT2D eigenvalue weighted by Crippen LogP contribution is -2.21. The molecule has 2 aromatic carbocycles. The van der Waals surface area contributed by atoms with Crippen molar-refractivity contribution in [1.82, 2.24) is 4.57 Å². The van der Waals surface area contributed by atoms with Crippen LogP contribution in [-0.2, 0) is 11.4 Å². The number of nitrogens with zero attached hydrogens (tertiary/aromatic N) is 2. The van der Waals surface area contributed by atoms with Crippen molar-refractivity contribution in [3.8, 4) is 5.75 Å². The van der Waals surface area contributed by atoms with Crippen LogP contribution >= 0.6 is 11.3 Å². The molecule has 0 aliphatic carbocycles. The average Bonchev–Trinajstić information content (AvgIpc) is 2.93. The molecule has 0 fully saturated rings. The predicted octanol–water partition coefficient (Wildman–Crippen LogP) is 3.65. The number of thiazole rings is 1. The van der Waals surface area contributed by atoms with Crippen molar-refractivity contribution in [3.63, 3.8) is 0 Å². The summed E-state index contributed by atoms with van der Waals surface area (Å²) in [5, 5.41) is 3.94. The Morgan fingerprint density at radius 3 is 2.68 bits per heavy atom. The van der Waals surface area contributed by atoms with E-state index in [2.05, 4.69) is 9.89 Å². The second-order valence-corrected chi connectivity index (χ2v) is 6.02. The lowest BCUT2D eigenvalue weighted by atomic mass is 10.1. The van der Waals surface area contributed by atoms with Gasteiger partial charge in [0.2, 0.25) is 4.80 Å². The zero-order chi connectivity index (χ0) is 17.8. The topological polar surface area (TPSA) is 52.8 Å². The van der Waals surface area contributed by atoms with E-state index < -0.39 is 6.61 Å². The van der Waals surface area contributed by atoms with Crippen molar-refractivity contribution >= 4 is 27.3 Å². The first-order valence-corrected chi connectivity index (χ1v) is 8.14. The van der Waals surface area contributed by atoms with Gasteiger partial charge in [0.15, 0.2) is 5.78 Å². The molecule has 0 radical (unpaired) electrons. The summed E-state index contributed by atoms with van der Waals surface area (Å²) in [6.45, 7) is -3.07. The molecular formula is C17H14F2N2O3S. The lowest BCUT2D eigenvalue weighted by Gasteiger charge is -2.10. The van der Waals surface area contributed by atoms with E-state index in [-0.39, 0.29) is 23.6 Å². The molecule has 0 saturated carbocycles. The second kappa shape index (κ2) is 7.43. The molecule has 130 valence electrons. The first-order chi connectivity index (χ1) is 12.1. The number of ketones is 1. The number of benzene rings is 2. The van der Waals surface area contributed by atoms with E-state index >= 15 is 0 Å². The summed E-state index contributed by atoms with van der Waals surface area (Å²) in [5.41, 5.74) is 0.901. The Labute approximate surface area is 145 Å². The van der Waals surface area contributed by atoms with Crippen molar-refractivity contribution in [2.24, 2.45) is 5.16 Å². The molecule has 25 heavy (non-hydrogen) atoms. The van der Waals surface area contributed by atoms with E-state index in [1.807, 2.05) is 24.3 Å². The monoisotopic (exact) mass is 364 g/mol. The average molecular weight is 364 g/mol. The number of halogens is 2. The zero-order valence-electron chi connectivity index (χ0n) is 13.2. The van der Waals surface area contributed by atoms with Crippen molar-refractivity contribution in [1.29, 1.82) is 0 Å². The van der Waals surface area contributed by atoms with Crippen molar-refractivity contribution < 1.29 is 23.1 Å². The van der Waals surface area contributed by atoms with Gasteiger partial charge in [0.05, 0.1) is 22.3 Å². The van der Waals surface area contributed by atoms with Gasteiger partial charge < -0.3 is 14.1 Å². The largest absolute Gasteiger partial charge is 0.434 e. The summed E-state index contributed by atoms with van der Waals surface area (Å²) < 4.78 is 32.2. The maximum Gasteiger partial charge on any atom is 0.387 e. The first kappa shape index (κ1) is 17.1. The van der Waals surface area contributed by atoms with Gasteiger partial charge in [-0.1, -0.05) is 40.8 Å². The van der Waals surface area contributed by atoms with Gasteiger partial charge in [0.25, 0.3) is 0 Å². The van der Waals surface area contributed by atoms with Crippen LogP contribution in [0, 0.1) is 0 Å². The summed E-state index contributed by atoms with van der Waals surface area (Å²) in [4.78, 5) is 18.0. The molecule has 8 heteroatoms. The van der Waals surface area contributed by atoms with Gasteiger partial charge in [0.1, 0.15) is 12.9 Å². The summed E-state index contributed by atoms with van der Waals surface area (Å²) in [7, 11) is 1.42. The van der Waals surface area contributed by atoms with Crippen LogP contribution in [-0.4, -0.2) is 24.1 Å². The molecule has 3 rings (SSSR count). The molecule has 0 spiro atoms. The number of ether oxygens (including phenoxy) is 1. The molecule has 5 nitrogen and oxygen atoms in total. The summed E-state index contributed by atoms with van der Waals surface area (Å²) in [6.07, 6.45) is 0. The molecule has 0 bridgehead atoms. The van der Waals surface area contributed by atoms with Crippen LogP contribution in [0.15, 0.2) is 53.7 Å². The van der Waals surface area contributed by atoms with Crippen LogP contribution in [0.3, 0.4) is 0 Å². The smallest absolute Gasteiger partial charge is 0.387 e. The Morgan fingerprint density at radius 2 is 1.92 bits per heavy atom. The van der Waals surface area contributed by atoms with E-state index in [0.29, 0.717) is 4.80 Å². The highest BCUT2D eigenvalue weighted by Crippen LogP contribution is 2.22. The first-order valence-electron chi connectivity index (χ1n) is 7.32. The Hall–Kier alpha value is -2.74. The molecule has 0 N–H and O–H groups in total. The number of rotatable bonds is 6. The molecule has 0 unspecified atom stereocenters. The van der Waals surface area contributed by atoms with Crippen LogP contribution in [0.1, 0.15) is 10.4 Å². The highest BCUT2D eigenvalue weighted by atomic mass is 32.1. The van der Waals surface area contributed by atoms with Crippen LogP contribution in [0.4, 0.5) is 8.78 Å². The quantitative estimate of drug-likeness (QED) is 0.496. The molecule has 0 saturated heterocycles. The molecule has 0 amide bonds. The fourth-order valence-corrected chi connectivity index (χ4v) is 3.46. The van der Waals surface area contributed by atoms with Crippen molar-refractivity contribution in [3.05, 3.63) is 58.9 Å². The van der Waals surface area contributed by atoms with Crippen LogP contribution in [0.2, 0.25) is 0 Å². The Morgan fingerprint density at radius 1 is 1.20 bits per heavy atom. The zero-order valence-corrected chi connectivity index (χ0v) is 14.0. The molecule has 1 heterocycles. The number of hydrogen-bond acceptors (Lipinski definition) is 5. The van der Waals surface area contributed by atoms with Crippen LogP contribution < -0.4 is 9.54 Å². The maximum absolute atomic E-state index is 12.7. The number of para-hydroxylation sites is 2. The summed E-state index contributed by atoms with van der Waals surface area (Å²) in [6, 6.07) is 13.4. The fourth-order valence-electron chi connectivity index (χ4n) is 2.45. The molecule has 0 aliphatic heterocycles. The standard InChI is InChI=1S/C17H14F2N2O3S/c1-23-20-17-21(12-7-3-5-9-15(12)25-17)10-13(22)11-6-2-4-8-14(11)24-16(18)19/h2-9,16H,10H2,1H3/b20-17+. The van der Waals surface area contributed by atoms with Crippen molar-refractivity contribution in [2.45, 2.75) is 13.2 Å². The van der Waals surface area contributed by atoms with Crippen LogP contribution in [0.25, 0.3) is 10.2 Å². The predicted molar refractivity (Wildman–Crippen MR) is 89.8 cm³/mol. The molecular weight excluding hydrogens is 350 g/mol. The fraction of sp³-hybridized carbons (Fsp3) is 0.176. The van der Waals surface area contributed by atoms with Gasteiger partial charge in [0, 0.05) is 0 Å². The number of fused-ring (bicyclic) bond motifs is 1. The van der Waals surface area contributed by atoms with Gasteiger partial charge in [-0.25, -0.2) is 0 Å². The van der Waals surface area contributed by atoms with Crippen molar-refractivity contribution in [2.75, 3.05) is 7.11 Å². The summed E-state index contributed by atoms with van der Waals surface area (Å²) in [5.74, 6) is -0.509. The third-order valence-electron chi connectivity index (χ3n) is 3.46. The Bertz CT molecular complexity index is 966. The second-order valence-electron chi connectivity index (χ2n) is 5.01. The maximum atomic E-state index is 12.7. The van der Waals surface area contributed by atoms with E-state index in [4.69, 9.17) is 4.84 Å². The minimum Gasteiger partial charge on any atom is -0.434 e. The van der Waals surface area contributed by atoms with Crippen LogP contribution in [0.5, 0.6) is 5.75 Å². The van der Waals surface area contributed by atoms with Gasteiger partial charge in [-0.15, -0.1) is 0 Å². The number of carbonyl (C=O) groups excluding carboxylic acids is 1. The number of hydrogen-bond donors (Lipinski definition) is 0. The molecule has 3 aromatic rings. The molecule has 0 aliphatic rings. The van der Waals surface area contributed by atoms with E-state index in [1.165, 1.54) is 36.6 Å². The molecule has 0 atom stereocenters. The van der Waals surface area contributed by atoms with Gasteiger partial charge in [-0.05, 0) is 24.3 Å². The van der Waals surface area contributed by atoms with Gasteiger partial charge in [-0.3, -0.25) is 4.79 Å². The number of Topliss-reactive ketones (excluding diaryl/α,β-unsaturated/α-hetero) is 1. The normalized spacial score (nSPS) is 11.9. The highest BCUT2D eigenvalue weighted by molar-refractivity contribution is 7.16. The third-order valence-corrected chi connectivity index (χ3v) is 4.51. The van der Waals surface area contributed by atoms with Gasteiger partial charge in [-0.2, -0.15) is 8.78 Å². The Kier molecular flexibility index (Phi) is 5.08. The Balaban J connectivity index is 2.01. The van der Waals surface area contributed by atoms with E-state index in [9.17, 15) is 13.6 Å². The van der Waals surface area contributed by atoms with E-state index in [0.717, 1.165) is 10.2 Å². The minimum atomic E-state index is -3.00. The number of aromatic nitrogens is 1. The third kappa shape index (κ3) is 3.69. The minimum absolute atomic E-state index is 0.0736. The van der Waals surface area contributed by atoms with Gasteiger partial charge >= 0.3 is 6.61 Å². The number of carbonyl (C=O) groups is 1. The highest BCUT2D eigenvalue weighted by Gasteiger charge is 2.17. The number of alkyl halides is 2. The SMILES string of the molecule is CO/N=c1/sc2ccccc2n1CC(=O)c1ccccc1OC(F)F. The summed E-state index contributed by atoms with van der Waals surface area (Å²) >= 11 is 1.37. The molecule has 1 aromatic heterocycles. The lowest BCUT2D eigenvalue weighted by molar-refractivity contribution is -0.0501. The van der Waals surface area contributed by atoms with E-state index in [1.54, 1.807) is 10.6 Å².